The molecule has 0 aromatic carbocycles. The molecule has 4 heteroatoms. The Hall–Kier alpha value is -0.870. The summed E-state index contributed by atoms with van der Waals surface area (Å²) in [6.07, 6.45) is 12.1. The Morgan fingerprint density at radius 2 is 1.85 bits per heavy atom. The van der Waals surface area contributed by atoms with E-state index < -0.39 is 0 Å². The van der Waals surface area contributed by atoms with Crippen LogP contribution < -0.4 is 0 Å². The van der Waals surface area contributed by atoms with E-state index in [1.54, 1.807) is 11.8 Å². The van der Waals surface area contributed by atoms with E-state index in [1.165, 1.54) is 0 Å². The van der Waals surface area contributed by atoms with Gasteiger partial charge in [-0.3, -0.25) is 9.69 Å². The van der Waals surface area contributed by atoms with Crippen molar-refractivity contribution >= 4 is 34.2 Å². The Bertz CT molecular complexity index is 463. The van der Waals surface area contributed by atoms with E-state index in [-0.39, 0.29) is 23.8 Å². The van der Waals surface area contributed by atoms with Crippen molar-refractivity contribution in [2.45, 2.75) is 26.8 Å². The minimum Gasteiger partial charge on any atom is -0.293 e. The van der Waals surface area contributed by atoms with Gasteiger partial charge in [0, 0.05) is 23.6 Å². The van der Waals surface area contributed by atoms with Crippen LogP contribution in [0.1, 0.15) is 20.8 Å². The van der Waals surface area contributed by atoms with Crippen LogP contribution in [0.25, 0.3) is 0 Å². The summed E-state index contributed by atoms with van der Waals surface area (Å²) in [6, 6.07) is 0.235. The molecule has 0 spiro atoms. The SMILES string of the molecule is CC(C)[C@H]1CSC(=S)N1C(=O)[C@H](C)C1C=CC=CC=C1. The van der Waals surface area contributed by atoms with Crippen molar-refractivity contribution in [3.8, 4) is 0 Å². The molecule has 1 amide bonds. The van der Waals surface area contributed by atoms with Crippen molar-refractivity contribution in [1.82, 2.24) is 4.90 Å². The number of nitrogens with zero attached hydrogens (tertiary/aromatic N) is 1. The van der Waals surface area contributed by atoms with Crippen LogP contribution in [0.5, 0.6) is 0 Å². The molecule has 0 radical (unpaired) electrons. The summed E-state index contributed by atoms with van der Waals surface area (Å²) in [5.41, 5.74) is 0. The van der Waals surface area contributed by atoms with Gasteiger partial charge in [-0.1, -0.05) is 81.2 Å². The highest BCUT2D eigenvalue weighted by atomic mass is 32.2. The summed E-state index contributed by atoms with van der Waals surface area (Å²) in [5, 5.41) is 0. The topological polar surface area (TPSA) is 20.3 Å². The maximum atomic E-state index is 12.8. The Morgan fingerprint density at radius 1 is 1.25 bits per heavy atom. The number of carbonyl (C=O) groups excluding carboxylic acids is 1. The summed E-state index contributed by atoms with van der Waals surface area (Å²) in [7, 11) is 0. The average molecular weight is 307 g/mol. The minimum absolute atomic E-state index is 0.0831. The van der Waals surface area contributed by atoms with E-state index >= 15 is 0 Å². The van der Waals surface area contributed by atoms with Crippen molar-refractivity contribution in [2.24, 2.45) is 17.8 Å². The van der Waals surface area contributed by atoms with Crippen LogP contribution in [0.4, 0.5) is 0 Å². The molecule has 0 aromatic rings. The molecule has 1 aliphatic carbocycles. The van der Waals surface area contributed by atoms with E-state index in [9.17, 15) is 4.79 Å². The monoisotopic (exact) mass is 307 g/mol. The molecule has 0 unspecified atom stereocenters. The zero-order chi connectivity index (χ0) is 14.7. The molecule has 2 atom stereocenters. The van der Waals surface area contributed by atoms with E-state index in [2.05, 4.69) is 26.0 Å². The molecule has 0 aromatic heterocycles. The highest BCUT2D eigenvalue weighted by molar-refractivity contribution is 8.23. The van der Waals surface area contributed by atoms with Gasteiger partial charge in [0.15, 0.2) is 0 Å². The van der Waals surface area contributed by atoms with Crippen LogP contribution in [0.3, 0.4) is 0 Å². The minimum atomic E-state index is -0.0831. The van der Waals surface area contributed by atoms with Gasteiger partial charge in [0.1, 0.15) is 4.32 Å². The van der Waals surface area contributed by atoms with Crippen molar-refractivity contribution < 1.29 is 4.79 Å². The van der Waals surface area contributed by atoms with Gasteiger partial charge in [-0.15, -0.1) is 0 Å². The molecular formula is C16H21NOS2. The van der Waals surface area contributed by atoms with Crippen LogP contribution in [-0.2, 0) is 4.79 Å². The van der Waals surface area contributed by atoms with Gasteiger partial charge in [-0.2, -0.15) is 0 Å². The number of rotatable bonds is 3. The molecule has 0 bridgehead atoms. The Labute approximate surface area is 131 Å². The Kier molecular flexibility index (Phi) is 5.22. The zero-order valence-electron chi connectivity index (χ0n) is 12.2. The number of carbonyl (C=O) groups is 1. The van der Waals surface area contributed by atoms with Gasteiger partial charge in [-0.25, -0.2) is 0 Å². The van der Waals surface area contributed by atoms with Crippen molar-refractivity contribution in [1.29, 1.82) is 0 Å². The maximum Gasteiger partial charge on any atom is 0.232 e. The third-order valence-electron chi connectivity index (χ3n) is 3.88. The second-order valence-corrected chi connectivity index (χ2v) is 7.27. The molecule has 1 aliphatic heterocycles. The van der Waals surface area contributed by atoms with Gasteiger partial charge in [-0.05, 0) is 5.92 Å². The normalized spacial score (nSPS) is 24.5. The number of hydrogen-bond acceptors (Lipinski definition) is 3. The van der Waals surface area contributed by atoms with Crippen LogP contribution in [0.2, 0.25) is 0 Å². The molecular weight excluding hydrogens is 286 g/mol. The highest BCUT2D eigenvalue weighted by Crippen LogP contribution is 2.32. The molecule has 1 heterocycles. The number of thiocarbonyl (C=S) groups is 1. The van der Waals surface area contributed by atoms with Gasteiger partial charge in [0.05, 0.1) is 0 Å². The standard InChI is InChI=1S/C16H21NOS2/c1-11(2)14-10-20-16(19)17(14)15(18)12(3)13-8-6-4-5-7-9-13/h4-9,11-14H,10H2,1-3H3/t12-,14-/m1/s1. The first kappa shape index (κ1) is 15.5. The summed E-state index contributed by atoms with van der Waals surface area (Å²) in [6.45, 7) is 6.30. The van der Waals surface area contributed by atoms with Gasteiger partial charge >= 0.3 is 0 Å². The van der Waals surface area contributed by atoms with Gasteiger partial charge in [0.2, 0.25) is 5.91 Å². The third-order valence-corrected chi connectivity index (χ3v) is 5.38. The van der Waals surface area contributed by atoms with Crippen molar-refractivity contribution in [3.63, 3.8) is 0 Å². The quantitative estimate of drug-likeness (QED) is 0.740. The smallest absolute Gasteiger partial charge is 0.232 e. The molecule has 108 valence electrons. The van der Waals surface area contributed by atoms with E-state index in [1.807, 2.05) is 36.1 Å². The zero-order valence-corrected chi connectivity index (χ0v) is 13.8. The fourth-order valence-corrected chi connectivity index (χ4v) is 4.12. The fraction of sp³-hybridized carbons (Fsp3) is 0.500. The van der Waals surface area contributed by atoms with E-state index in [0.717, 1.165) is 10.1 Å². The third kappa shape index (κ3) is 3.23. The van der Waals surface area contributed by atoms with E-state index in [4.69, 9.17) is 12.2 Å². The van der Waals surface area contributed by atoms with E-state index in [0.29, 0.717) is 5.92 Å². The van der Waals surface area contributed by atoms with Crippen molar-refractivity contribution in [3.05, 3.63) is 36.5 Å². The lowest BCUT2D eigenvalue weighted by atomic mass is 9.91. The summed E-state index contributed by atoms with van der Waals surface area (Å²) in [5.74, 6) is 1.56. The van der Waals surface area contributed by atoms with Crippen LogP contribution in [0.15, 0.2) is 36.5 Å². The van der Waals surface area contributed by atoms with Crippen LogP contribution in [0, 0.1) is 17.8 Å². The molecule has 1 saturated heterocycles. The largest absolute Gasteiger partial charge is 0.293 e. The molecule has 2 rings (SSSR count). The fourth-order valence-electron chi connectivity index (χ4n) is 2.47. The second-order valence-electron chi connectivity index (χ2n) is 5.62. The second kappa shape index (κ2) is 6.72. The lowest BCUT2D eigenvalue weighted by molar-refractivity contribution is -0.133. The molecule has 2 aliphatic rings. The summed E-state index contributed by atoms with van der Waals surface area (Å²) < 4.78 is 0.736. The Morgan fingerprint density at radius 3 is 2.40 bits per heavy atom. The summed E-state index contributed by atoms with van der Waals surface area (Å²) >= 11 is 7.01. The van der Waals surface area contributed by atoms with Crippen LogP contribution in [-0.4, -0.2) is 26.9 Å². The lowest BCUT2D eigenvalue weighted by Crippen LogP contribution is -2.45. The maximum absolute atomic E-state index is 12.8. The first-order chi connectivity index (χ1) is 9.52. The first-order valence-electron chi connectivity index (χ1n) is 7.04. The predicted molar refractivity (Wildman–Crippen MR) is 90.6 cm³/mol. The lowest BCUT2D eigenvalue weighted by Gasteiger charge is -2.30. The molecule has 1 fully saturated rings. The first-order valence-corrected chi connectivity index (χ1v) is 8.43. The van der Waals surface area contributed by atoms with Crippen molar-refractivity contribution in [2.75, 3.05) is 5.75 Å². The molecule has 2 nitrogen and oxygen atoms in total. The predicted octanol–water partition coefficient (Wildman–Crippen LogP) is 3.81. The van der Waals surface area contributed by atoms with Gasteiger partial charge < -0.3 is 0 Å². The number of amides is 1. The Balaban J connectivity index is 2.15. The van der Waals surface area contributed by atoms with Gasteiger partial charge in [0.25, 0.3) is 0 Å². The molecule has 0 N–H and O–H groups in total. The average Bonchev–Trinajstić information content (AvgIpc) is 2.65. The summed E-state index contributed by atoms with van der Waals surface area (Å²) in [4.78, 5) is 14.7. The number of thioether (sulfide) groups is 1. The number of hydrogen-bond donors (Lipinski definition) is 0. The molecule has 20 heavy (non-hydrogen) atoms. The number of allylic oxidation sites excluding steroid dienone is 6. The van der Waals surface area contributed by atoms with Crippen LogP contribution >= 0.6 is 24.0 Å². The highest BCUT2D eigenvalue weighted by Gasteiger charge is 2.38. The molecule has 0 saturated carbocycles.